The largest absolute Gasteiger partial charge is 0.495 e. The molecule has 1 aliphatic heterocycles. The Labute approximate surface area is 135 Å². The molecule has 0 unspecified atom stereocenters. The van der Waals surface area contributed by atoms with Gasteiger partial charge in [-0.05, 0) is 24.5 Å². The van der Waals surface area contributed by atoms with Gasteiger partial charge in [-0.1, -0.05) is 45.4 Å². The van der Waals surface area contributed by atoms with Crippen LogP contribution in [0.15, 0.2) is 36.5 Å². The number of rotatable bonds is 7. The van der Waals surface area contributed by atoms with Gasteiger partial charge in [0.1, 0.15) is 5.75 Å². The molecule has 3 nitrogen and oxygen atoms in total. The molecule has 22 heavy (non-hydrogen) atoms. The number of anilines is 1. The van der Waals surface area contributed by atoms with E-state index in [1.807, 2.05) is 12.1 Å². The number of methoxy groups -OCH3 is 1. The lowest BCUT2D eigenvalue weighted by atomic mass is 9.97. The maximum Gasteiger partial charge on any atom is 0.142 e. The molecule has 1 aliphatic rings. The maximum atomic E-state index is 5.48. The zero-order valence-corrected chi connectivity index (χ0v) is 14.3. The average molecular weight is 302 g/mol. The number of nitrogens with zero attached hydrogens (tertiary/aromatic N) is 2. The standard InChI is InChI=1S/C19H30N2O/c1-5-17(6-2)15-16(3)20-11-13-21(14-12-20)18-9-7-8-10-19(18)22-4/h7-10,17H,3,5-6,11-15H2,1-2,4H3. The van der Waals surface area contributed by atoms with E-state index in [4.69, 9.17) is 4.74 Å². The molecule has 1 aromatic carbocycles. The SMILES string of the molecule is C=C(CC(CC)CC)N1CCN(c2ccccc2OC)CC1. The third-order valence-corrected chi connectivity index (χ3v) is 4.83. The smallest absolute Gasteiger partial charge is 0.142 e. The van der Waals surface area contributed by atoms with Crippen molar-refractivity contribution in [3.63, 3.8) is 0 Å². The Morgan fingerprint density at radius 1 is 1.14 bits per heavy atom. The summed E-state index contributed by atoms with van der Waals surface area (Å²) in [5, 5.41) is 0. The third kappa shape index (κ3) is 3.96. The van der Waals surface area contributed by atoms with Crippen LogP contribution in [0.25, 0.3) is 0 Å². The molecule has 0 aromatic heterocycles. The van der Waals surface area contributed by atoms with Gasteiger partial charge >= 0.3 is 0 Å². The Bertz CT molecular complexity index is 474. The van der Waals surface area contributed by atoms with E-state index in [1.165, 1.54) is 24.2 Å². The number of ether oxygens (including phenoxy) is 1. The summed E-state index contributed by atoms with van der Waals surface area (Å²) < 4.78 is 5.48. The minimum atomic E-state index is 0.778. The highest BCUT2D eigenvalue weighted by molar-refractivity contribution is 5.58. The molecule has 1 saturated heterocycles. The van der Waals surface area contributed by atoms with Crippen LogP contribution in [0.5, 0.6) is 5.75 Å². The Hall–Kier alpha value is -1.64. The second-order valence-corrected chi connectivity index (χ2v) is 6.10. The molecule has 0 saturated carbocycles. The van der Waals surface area contributed by atoms with Gasteiger partial charge in [0, 0.05) is 31.9 Å². The van der Waals surface area contributed by atoms with Crippen LogP contribution in [0.3, 0.4) is 0 Å². The van der Waals surface area contributed by atoms with Crippen LogP contribution in [0.4, 0.5) is 5.69 Å². The van der Waals surface area contributed by atoms with E-state index in [0.29, 0.717) is 0 Å². The first-order valence-corrected chi connectivity index (χ1v) is 8.50. The van der Waals surface area contributed by atoms with Gasteiger partial charge in [0.15, 0.2) is 0 Å². The molecule has 0 amide bonds. The van der Waals surface area contributed by atoms with E-state index in [2.05, 4.69) is 42.4 Å². The van der Waals surface area contributed by atoms with Crippen LogP contribution in [-0.2, 0) is 0 Å². The first kappa shape index (κ1) is 16.7. The van der Waals surface area contributed by atoms with Crippen molar-refractivity contribution in [2.24, 2.45) is 5.92 Å². The predicted octanol–water partition coefficient (Wildman–Crippen LogP) is 4.16. The second-order valence-electron chi connectivity index (χ2n) is 6.10. The topological polar surface area (TPSA) is 15.7 Å². The van der Waals surface area contributed by atoms with Gasteiger partial charge in [0.05, 0.1) is 12.8 Å². The zero-order valence-electron chi connectivity index (χ0n) is 14.3. The predicted molar refractivity (Wildman–Crippen MR) is 94.6 cm³/mol. The molecule has 122 valence electrons. The van der Waals surface area contributed by atoms with E-state index >= 15 is 0 Å². The fraction of sp³-hybridized carbons (Fsp3) is 0.579. The number of piperazine rings is 1. The van der Waals surface area contributed by atoms with Crippen molar-refractivity contribution in [1.82, 2.24) is 4.90 Å². The Kier molecular flexibility index (Phi) is 6.17. The normalized spacial score (nSPS) is 15.3. The highest BCUT2D eigenvalue weighted by Crippen LogP contribution is 2.29. The van der Waals surface area contributed by atoms with Gasteiger partial charge in [-0.15, -0.1) is 0 Å². The van der Waals surface area contributed by atoms with E-state index in [9.17, 15) is 0 Å². The summed E-state index contributed by atoms with van der Waals surface area (Å²) in [4.78, 5) is 4.88. The number of hydrogen-bond donors (Lipinski definition) is 0. The van der Waals surface area contributed by atoms with Gasteiger partial charge in [-0.3, -0.25) is 0 Å². The van der Waals surface area contributed by atoms with Crippen LogP contribution in [0.2, 0.25) is 0 Å². The summed E-state index contributed by atoms with van der Waals surface area (Å²) in [6.45, 7) is 13.1. The van der Waals surface area contributed by atoms with Gasteiger partial charge in [-0.2, -0.15) is 0 Å². The molecule has 0 spiro atoms. The lowest BCUT2D eigenvalue weighted by Crippen LogP contribution is -2.46. The first-order chi connectivity index (χ1) is 10.7. The lowest BCUT2D eigenvalue weighted by Gasteiger charge is -2.39. The van der Waals surface area contributed by atoms with Crippen LogP contribution < -0.4 is 9.64 Å². The van der Waals surface area contributed by atoms with E-state index in [1.54, 1.807) is 7.11 Å². The molecule has 1 fully saturated rings. The first-order valence-electron chi connectivity index (χ1n) is 8.50. The lowest BCUT2D eigenvalue weighted by molar-refractivity contribution is 0.293. The van der Waals surface area contributed by atoms with Crippen molar-refractivity contribution in [2.45, 2.75) is 33.1 Å². The molecule has 0 radical (unpaired) electrons. The molecule has 0 N–H and O–H groups in total. The van der Waals surface area contributed by atoms with Crippen LogP contribution >= 0.6 is 0 Å². The summed E-state index contributed by atoms with van der Waals surface area (Å²) in [7, 11) is 1.74. The summed E-state index contributed by atoms with van der Waals surface area (Å²) in [6, 6.07) is 8.29. The molecule has 0 bridgehead atoms. The molecular weight excluding hydrogens is 272 g/mol. The number of allylic oxidation sites excluding steroid dienone is 1. The van der Waals surface area contributed by atoms with Gasteiger partial charge in [0.25, 0.3) is 0 Å². The van der Waals surface area contributed by atoms with Crippen LogP contribution in [0, 0.1) is 5.92 Å². The minimum Gasteiger partial charge on any atom is -0.495 e. The molecule has 1 heterocycles. The molecule has 0 aliphatic carbocycles. The van der Waals surface area contributed by atoms with Crippen molar-refractivity contribution in [3.05, 3.63) is 36.5 Å². The van der Waals surface area contributed by atoms with Crippen molar-refractivity contribution in [2.75, 3.05) is 38.2 Å². The third-order valence-electron chi connectivity index (χ3n) is 4.83. The number of hydrogen-bond acceptors (Lipinski definition) is 3. The fourth-order valence-corrected chi connectivity index (χ4v) is 3.19. The van der Waals surface area contributed by atoms with E-state index in [0.717, 1.165) is 44.3 Å². The number of benzene rings is 1. The molecule has 3 heteroatoms. The van der Waals surface area contributed by atoms with Gasteiger partial charge in [-0.25, -0.2) is 0 Å². The van der Waals surface area contributed by atoms with Crippen molar-refractivity contribution in [1.29, 1.82) is 0 Å². The monoisotopic (exact) mass is 302 g/mol. The summed E-state index contributed by atoms with van der Waals surface area (Å²) in [6.07, 6.45) is 3.63. The molecule has 1 aromatic rings. The summed E-state index contributed by atoms with van der Waals surface area (Å²) in [5.41, 5.74) is 2.52. The summed E-state index contributed by atoms with van der Waals surface area (Å²) >= 11 is 0. The molecule has 0 atom stereocenters. The highest BCUT2D eigenvalue weighted by Gasteiger charge is 2.21. The Morgan fingerprint density at radius 2 is 1.77 bits per heavy atom. The minimum absolute atomic E-state index is 0.778. The fourth-order valence-electron chi connectivity index (χ4n) is 3.19. The van der Waals surface area contributed by atoms with Gasteiger partial charge < -0.3 is 14.5 Å². The average Bonchev–Trinajstić information content (AvgIpc) is 2.59. The van der Waals surface area contributed by atoms with Crippen LogP contribution in [-0.4, -0.2) is 38.2 Å². The Balaban J connectivity index is 1.91. The molecular formula is C19H30N2O. The second kappa shape index (κ2) is 8.11. The van der Waals surface area contributed by atoms with Crippen molar-refractivity contribution in [3.8, 4) is 5.75 Å². The van der Waals surface area contributed by atoms with Crippen molar-refractivity contribution >= 4 is 5.69 Å². The Morgan fingerprint density at radius 3 is 2.36 bits per heavy atom. The van der Waals surface area contributed by atoms with E-state index < -0.39 is 0 Å². The van der Waals surface area contributed by atoms with Crippen molar-refractivity contribution < 1.29 is 4.74 Å². The van der Waals surface area contributed by atoms with Gasteiger partial charge in [0.2, 0.25) is 0 Å². The quantitative estimate of drug-likeness (QED) is 0.752. The molecule has 2 rings (SSSR count). The number of para-hydroxylation sites is 2. The summed E-state index contributed by atoms with van der Waals surface area (Å²) in [5.74, 6) is 1.74. The maximum absolute atomic E-state index is 5.48. The van der Waals surface area contributed by atoms with E-state index in [-0.39, 0.29) is 0 Å². The zero-order chi connectivity index (χ0) is 15.9. The van der Waals surface area contributed by atoms with Crippen LogP contribution in [0.1, 0.15) is 33.1 Å². The highest BCUT2D eigenvalue weighted by atomic mass is 16.5.